The van der Waals surface area contributed by atoms with Crippen LogP contribution in [0.1, 0.15) is 18.2 Å². The number of nitrogens with two attached hydrogens (primary N) is 2. The van der Waals surface area contributed by atoms with Crippen molar-refractivity contribution in [2.75, 3.05) is 5.73 Å². The molecule has 1 heterocycles. The van der Waals surface area contributed by atoms with Crippen molar-refractivity contribution < 1.29 is 13.2 Å². The van der Waals surface area contributed by atoms with E-state index >= 15 is 0 Å². The van der Waals surface area contributed by atoms with E-state index in [4.69, 9.17) is 11.5 Å². The molecule has 1 rings (SSSR count). The smallest absolute Gasteiger partial charge is 0.390 e. The minimum atomic E-state index is -4.29. The Morgan fingerprint density at radius 1 is 1.43 bits per heavy atom. The highest BCUT2D eigenvalue weighted by molar-refractivity contribution is 5.37. The fourth-order valence-corrected chi connectivity index (χ4v) is 1.02. The molecule has 0 amide bonds. The Morgan fingerprint density at radius 3 is 2.57 bits per heavy atom. The van der Waals surface area contributed by atoms with E-state index in [2.05, 4.69) is 4.98 Å². The highest BCUT2D eigenvalue weighted by Gasteiger charge is 2.31. The van der Waals surface area contributed by atoms with Gasteiger partial charge < -0.3 is 11.5 Å². The fraction of sp³-hybridized carbons (Fsp3) is 0.375. The summed E-state index contributed by atoms with van der Waals surface area (Å²) in [6.07, 6.45) is -4.05. The van der Waals surface area contributed by atoms with E-state index in [0.29, 0.717) is 5.69 Å². The van der Waals surface area contributed by atoms with Gasteiger partial charge in [0.05, 0.1) is 18.2 Å². The van der Waals surface area contributed by atoms with Crippen molar-refractivity contribution in [2.45, 2.75) is 18.6 Å². The maximum Gasteiger partial charge on any atom is 0.390 e. The molecule has 0 fully saturated rings. The Bertz CT molecular complexity index is 311. The normalized spacial score (nSPS) is 14.0. The van der Waals surface area contributed by atoms with E-state index in [1.54, 1.807) is 0 Å². The Labute approximate surface area is 78.9 Å². The second kappa shape index (κ2) is 3.83. The minimum Gasteiger partial charge on any atom is -0.399 e. The van der Waals surface area contributed by atoms with E-state index in [9.17, 15) is 13.2 Å². The number of rotatable bonds is 2. The first kappa shape index (κ1) is 10.8. The van der Waals surface area contributed by atoms with Crippen LogP contribution in [0.3, 0.4) is 0 Å². The monoisotopic (exact) mass is 205 g/mol. The molecule has 0 spiro atoms. The predicted molar refractivity (Wildman–Crippen MR) is 46.2 cm³/mol. The molecule has 0 radical (unpaired) electrons. The summed E-state index contributed by atoms with van der Waals surface area (Å²) in [5.74, 6) is 0. The molecule has 0 aliphatic rings. The minimum absolute atomic E-state index is 0.155. The van der Waals surface area contributed by atoms with E-state index in [0.717, 1.165) is 0 Å². The van der Waals surface area contributed by atoms with Crippen molar-refractivity contribution in [3.63, 3.8) is 0 Å². The topological polar surface area (TPSA) is 64.9 Å². The highest BCUT2D eigenvalue weighted by atomic mass is 19.4. The average molecular weight is 205 g/mol. The second-order valence-electron chi connectivity index (χ2n) is 2.94. The van der Waals surface area contributed by atoms with E-state index in [1.807, 2.05) is 0 Å². The summed E-state index contributed by atoms with van der Waals surface area (Å²) in [6.45, 7) is 0. The van der Waals surface area contributed by atoms with Gasteiger partial charge in [-0.15, -0.1) is 0 Å². The lowest BCUT2D eigenvalue weighted by Gasteiger charge is -2.13. The Hall–Kier alpha value is -1.30. The maximum absolute atomic E-state index is 12.0. The molecule has 78 valence electrons. The molecule has 0 saturated carbocycles. The first-order valence-corrected chi connectivity index (χ1v) is 3.92. The van der Waals surface area contributed by atoms with Gasteiger partial charge in [-0.25, -0.2) is 0 Å². The average Bonchev–Trinajstić information content (AvgIpc) is 2.01. The van der Waals surface area contributed by atoms with Crippen LogP contribution < -0.4 is 11.5 Å². The molecule has 0 aliphatic carbocycles. The molecule has 0 bridgehead atoms. The number of hydrogen-bond acceptors (Lipinski definition) is 3. The molecule has 14 heavy (non-hydrogen) atoms. The number of aromatic nitrogens is 1. The quantitative estimate of drug-likeness (QED) is 0.770. The molecule has 4 N–H and O–H groups in total. The van der Waals surface area contributed by atoms with Gasteiger partial charge in [-0.2, -0.15) is 13.2 Å². The van der Waals surface area contributed by atoms with E-state index in [-0.39, 0.29) is 5.69 Å². The van der Waals surface area contributed by atoms with Crippen molar-refractivity contribution >= 4 is 5.69 Å². The van der Waals surface area contributed by atoms with Crippen molar-refractivity contribution in [2.24, 2.45) is 5.73 Å². The van der Waals surface area contributed by atoms with Crippen LogP contribution >= 0.6 is 0 Å². The van der Waals surface area contributed by atoms with Gasteiger partial charge in [0.15, 0.2) is 0 Å². The van der Waals surface area contributed by atoms with Crippen LogP contribution in [-0.4, -0.2) is 11.2 Å². The second-order valence-corrected chi connectivity index (χ2v) is 2.94. The number of nitrogens with zero attached hydrogens (tertiary/aromatic N) is 1. The molecule has 1 atom stereocenters. The van der Waals surface area contributed by atoms with Gasteiger partial charge in [-0.05, 0) is 12.1 Å². The van der Waals surface area contributed by atoms with Crippen molar-refractivity contribution in [3.05, 3.63) is 24.0 Å². The van der Waals surface area contributed by atoms with E-state index in [1.165, 1.54) is 18.3 Å². The van der Waals surface area contributed by atoms with Crippen LogP contribution in [0.15, 0.2) is 18.3 Å². The van der Waals surface area contributed by atoms with Crippen LogP contribution in [0.5, 0.6) is 0 Å². The third-order valence-corrected chi connectivity index (χ3v) is 1.64. The van der Waals surface area contributed by atoms with E-state index < -0.39 is 18.6 Å². The molecule has 0 saturated heterocycles. The molecule has 0 aliphatic heterocycles. The third kappa shape index (κ3) is 3.21. The summed E-state index contributed by atoms with van der Waals surface area (Å²) in [5, 5.41) is 0. The molecule has 3 nitrogen and oxygen atoms in total. The van der Waals surface area contributed by atoms with Crippen LogP contribution in [0.2, 0.25) is 0 Å². The lowest BCUT2D eigenvalue weighted by atomic mass is 10.1. The first-order chi connectivity index (χ1) is 6.38. The molecule has 1 aromatic heterocycles. The summed E-state index contributed by atoms with van der Waals surface area (Å²) in [7, 11) is 0. The van der Waals surface area contributed by atoms with Crippen molar-refractivity contribution in [1.29, 1.82) is 0 Å². The number of halogens is 3. The van der Waals surface area contributed by atoms with Crippen molar-refractivity contribution in [1.82, 2.24) is 4.98 Å². The summed E-state index contributed by atoms with van der Waals surface area (Å²) in [5.41, 5.74) is 11.2. The Balaban J connectivity index is 2.74. The predicted octanol–water partition coefficient (Wildman–Crippen LogP) is 1.62. The first-order valence-electron chi connectivity index (χ1n) is 3.92. The SMILES string of the molecule is Nc1ccnc([C@@H](N)CC(F)(F)F)c1. The largest absolute Gasteiger partial charge is 0.399 e. The maximum atomic E-state index is 12.0. The summed E-state index contributed by atoms with van der Waals surface area (Å²) >= 11 is 0. The summed E-state index contributed by atoms with van der Waals surface area (Å²) in [6, 6.07) is 1.68. The number of hydrogen-bond donors (Lipinski definition) is 2. The molecule has 0 aromatic carbocycles. The lowest BCUT2D eigenvalue weighted by molar-refractivity contribution is -0.138. The lowest BCUT2D eigenvalue weighted by Crippen LogP contribution is -2.21. The van der Waals surface area contributed by atoms with Gasteiger partial charge in [0.25, 0.3) is 0 Å². The van der Waals surface area contributed by atoms with Gasteiger partial charge >= 0.3 is 6.18 Å². The number of nitrogen functional groups attached to an aromatic ring is 1. The van der Waals surface area contributed by atoms with Gasteiger partial charge in [-0.1, -0.05) is 0 Å². The zero-order valence-corrected chi connectivity index (χ0v) is 7.25. The van der Waals surface area contributed by atoms with Gasteiger partial charge in [0, 0.05) is 11.9 Å². The van der Waals surface area contributed by atoms with Crippen LogP contribution in [0.4, 0.5) is 18.9 Å². The number of alkyl halides is 3. The van der Waals surface area contributed by atoms with Crippen LogP contribution in [-0.2, 0) is 0 Å². The highest BCUT2D eigenvalue weighted by Crippen LogP contribution is 2.27. The summed E-state index contributed by atoms with van der Waals surface area (Å²) < 4.78 is 35.9. The third-order valence-electron chi connectivity index (χ3n) is 1.64. The Kier molecular flexibility index (Phi) is 2.95. The number of anilines is 1. The summed E-state index contributed by atoms with van der Waals surface area (Å²) in [4.78, 5) is 3.72. The molecule has 1 aromatic rings. The molecular weight excluding hydrogens is 195 g/mol. The van der Waals surface area contributed by atoms with Crippen LogP contribution in [0.25, 0.3) is 0 Å². The van der Waals surface area contributed by atoms with Crippen LogP contribution in [0, 0.1) is 0 Å². The zero-order chi connectivity index (χ0) is 10.8. The number of pyridine rings is 1. The fourth-order valence-electron chi connectivity index (χ4n) is 1.02. The van der Waals surface area contributed by atoms with Gasteiger partial charge in [0.2, 0.25) is 0 Å². The standard InChI is InChI=1S/C8H10F3N3/c9-8(10,11)4-6(13)7-3-5(12)1-2-14-7/h1-3,6H,4,13H2,(H2,12,14)/t6-/m0/s1. The van der Waals surface area contributed by atoms with Gasteiger partial charge in [-0.3, -0.25) is 4.98 Å². The molecule has 0 unspecified atom stereocenters. The Morgan fingerprint density at radius 2 is 2.07 bits per heavy atom. The molecular formula is C8H10F3N3. The molecule has 6 heteroatoms. The zero-order valence-electron chi connectivity index (χ0n) is 7.25. The van der Waals surface area contributed by atoms with Crippen molar-refractivity contribution in [3.8, 4) is 0 Å². The van der Waals surface area contributed by atoms with Gasteiger partial charge in [0.1, 0.15) is 0 Å².